The summed E-state index contributed by atoms with van der Waals surface area (Å²) in [5.74, 6) is 0.578. The molecule has 17 heavy (non-hydrogen) atoms. The maximum Gasteiger partial charge on any atom is 0.239 e. The Bertz CT molecular complexity index is 425. The highest BCUT2D eigenvalue weighted by Crippen LogP contribution is 2.08. The molecule has 0 saturated carbocycles. The molecule has 1 aromatic heterocycles. The number of hydrogen-bond acceptors (Lipinski definition) is 4. The van der Waals surface area contributed by atoms with Crippen LogP contribution in [0.2, 0.25) is 0 Å². The Morgan fingerprint density at radius 3 is 3.00 bits per heavy atom. The van der Waals surface area contributed by atoms with Crippen LogP contribution in [-0.4, -0.2) is 31.0 Å². The first-order valence-electron chi connectivity index (χ1n) is 5.52. The summed E-state index contributed by atoms with van der Waals surface area (Å²) in [6.07, 6.45) is 0.914. The van der Waals surface area contributed by atoms with Crippen molar-refractivity contribution < 1.29 is 4.79 Å². The van der Waals surface area contributed by atoms with E-state index >= 15 is 0 Å². The summed E-state index contributed by atoms with van der Waals surface area (Å²) in [6, 6.07) is 7.13. The number of carbonyl (C=O) groups excluding carboxylic acids is 1. The highest BCUT2D eigenvalue weighted by atomic mass is 16.2. The summed E-state index contributed by atoms with van der Waals surface area (Å²) < 4.78 is 0. The van der Waals surface area contributed by atoms with Crippen LogP contribution >= 0.6 is 0 Å². The Balaban J connectivity index is 2.60. The van der Waals surface area contributed by atoms with E-state index < -0.39 is 0 Å². The number of likely N-dealkylation sites (N-methyl/N-ethyl adjacent to an activating group) is 1. The molecule has 0 aliphatic carbocycles. The highest BCUT2D eigenvalue weighted by Gasteiger charge is 2.08. The zero-order chi connectivity index (χ0) is 12.7. The summed E-state index contributed by atoms with van der Waals surface area (Å²) in [7, 11) is 1.77. The Morgan fingerprint density at radius 1 is 1.59 bits per heavy atom. The number of pyridine rings is 1. The van der Waals surface area contributed by atoms with Crippen molar-refractivity contribution in [1.29, 1.82) is 5.26 Å². The van der Waals surface area contributed by atoms with Gasteiger partial charge in [0.1, 0.15) is 17.6 Å². The molecule has 0 bridgehead atoms. The van der Waals surface area contributed by atoms with Crippen molar-refractivity contribution >= 4 is 11.7 Å². The van der Waals surface area contributed by atoms with E-state index in [2.05, 4.69) is 10.3 Å². The van der Waals surface area contributed by atoms with Gasteiger partial charge in [0.05, 0.1) is 6.54 Å². The van der Waals surface area contributed by atoms with Crippen LogP contribution in [0.1, 0.15) is 19.0 Å². The van der Waals surface area contributed by atoms with Crippen molar-refractivity contribution in [2.24, 2.45) is 0 Å². The zero-order valence-corrected chi connectivity index (χ0v) is 10.1. The number of rotatable bonds is 5. The molecule has 0 saturated heterocycles. The van der Waals surface area contributed by atoms with E-state index in [-0.39, 0.29) is 12.5 Å². The minimum absolute atomic E-state index is 0.0430. The monoisotopic (exact) mass is 232 g/mol. The molecule has 0 aliphatic rings. The quantitative estimate of drug-likeness (QED) is 0.819. The summed E-state index contributed by atoms with van der Waals surface area (Å²) in [5.41, 5.74) is 0.350. The van der Waals surface area contributed by atoms with E-state index in [0.717, 1.165) is 6.42 Å². The van der Waals surface area contributed by atoms with Crippen molar-refractivity contribution in [2.75, 3.05) is 25.0 Å². The molecule has 1 aromatic rings. The van der Waals surface area contributed by atoms with E-state index in [1.165, 1.54) is 0 Å². The second kappa shape index (κ2) is 6.48. The van der Waals surface area contributed by atoms with E-state index in [9.17, 15) is 4.79 Å². The second-order valence-corrected chi connectivity index (χ2v) is 3.70. The molecule has 1 rings (SSSR count). The number of amides is 1. The van der Waals surface area contributed by atoms with E-state index in [1.54, 1.807) is 30.1 Å². The average Bonchev–Trinajstić information content (AvgIpc) is 2.36. The summed E-state index contributed by atoms with van der Waals surface area (Å²) >= 11 is 0. The van der Waals surface area contributed by atoms with E-state index in [4.69, 9.17) is 5.26 Å². The van der Waals surface area contributed by atoms with Gasteiger partial charge in [0.25, 0.3) is 0 Å². The second-order valence-electron chi connectivity index (χ2n) is 3.70. The molecule has 5 heteroatoms. The average molecular weight is 232 g/mol. The van der Waals surface area contributed by atoms with Crippen LogP contribution in [0.15, 0.2) is 18.2 Å². The Morgan fingerprint density at radius 2 is 2.35 bits per heavy atom. The van der Waals surface area contributed by atoms with Crippen LogP contribution in [0.5, 0.6) is 0 Å². The van der Waals surface area contributed by atoms with E-state index in [1.807, 2.05) is 13.0 Å². The lowest BCUT2D eigenvalue weighted by Gasteiger charge is -2.17. The van der Waals surface area contributed by atoms with Crippen LogP contribution in [0.25, 0.3) is 0 Å². The minimum Gasteiger partial charge on any atom is -0.355 e. The third kappa shape index (κ3) is 4.11. The Kier molecular flexibility index (Phi) is 4.95. The fourth-order valence-electron chi connectivity index (χ4n) is 1.31. The lowest BCUT2D eigenvalue weighted by molar-refractivity contribution is -0.119. The summed E-state index contributed by atoms with van der Waals surface area (Å²) in [6.45, 7) is 2.92. The first-order valence-corrected chi connectivity index (χ1v) is 5.52. The van der Waals surface area contributed by atoms with Gasteiger partial charge in [-0.1, -0.05) is 13.0 Å². The maximum absolute atomic E-state index is 11.5. The highest BCUT2D eigenvalue weighted by molar-refractivity contribution is 5.80. The van der Waals surface area contributed by atoms with Gasteiger partial charge < -0.3 is 10.2 Å². The standard InChI is InChI=1S/C12H16N4O/c1-3-7-14-12(17)9-16(2)11-6-4-5-10(8-13)15-11/h4-6H,3,7,9H2,1-2H3,(H,14,17). The van der Waals surface area contributed by atoms with Crippen LogP contribution in [-0.2, 0) is 4.79 Å². The largest absolute Gasteiger partial charge is 0.355 e. The summed E-state index contributed by atoms with van der Waals surface area (Å²) in [5, 5.41) is 11.5. The molecule has 0 unspecified atom stereocenters. The topological polar surface area (TPSA) is 69.0 Å². The number of nitriles is 1. The number of nitrogens with zero attached hydrogens (tertiary/aromatic N) is 3. The van der Waals surface area contributed by atoms with Crippen LogP contribution in [0, 0.1) is 11.3 Å². The summed E-state index contributed by atoms with van der Waals surface area (Å²) in [4.78, 5) is 17.3. The SMILES string of the molecule is CCCNC(=O)CN(C)c1cccc(C#N)n1. The van der Waals surface area contributed by atoms with Crippen molar-refractivity contribution in [3.63, 3.8) is 0 Å². The van der Waals surface area contributed by atoms with Gasteiger partial charge in [-0.05, 0) is 18.6 Å². The third-order valence-corrected chi connectivity index (χ3v) is 2.19. The van der Waals surface area contributed by atoms with Crippen LogP contribution in [0.4, 0.5) is 5.82 Å². The Hall–Kier alpha value is -2.09. The zero-order valence-electron chi connectivity index (χ0n) is 10.1. The molecule has 0 fully saturated rings. The first kappa shape index (κ1) is 13.0. The molecular formula is C12H16N4O. The smallest absolute Gasteiger partial charge is 0.239 e. The van der Waals surface area contributed by atoms with Gasteiger partial charge in [0.2, 0.25) is 5.91 Å². The predicted molar refractivity (Wildman–Crippen MR) is 65.5 cm³/mol. The molecule has 0 spiro atoms. The van der Waals surface area contributed by atoms with Gasteiger partial charge in [-0.15, -0.1) is 0 Å². The number of carbonyl (C=O) groups is 1. The molecule has 1 amide bonds. The minimum atomic E-state index is -0.0430. The third-order valence-electron chi connectivity index (χ3n) is 2.19. The lowest BCUT2D eigenvalue weighted by Crippen LogP contribution is -2.35. The van der Waals surface area contributed by atoms with Gasteiger partial charge in [-0.25, -0.2) is 4.98 Å². The molecule has 0 atom stereocenters. The van der Waals surface area contributed by atoms with Gasteiger partial charge in [0, 0.05) is 13.6 Å². The van der Waals surface area contributed by atoms with Crippen molar-refractivity contribution in [2.45, 2.75) is 13.3 Å². The van der Waals surface area contributed by atoms with Crippen molar-refractivity contribution in [1.82, 2.24) is 10.3 Å². The van der Waals surface area contributed by atoms with Gasteiger partial charge >= 0.3 is 0 Å². The fourth-order valence-corrected chi connectivity index (χ4v) is 1.31. The van der Waals surface area contributed by atoms with Gasteiger partial charge in [-0.2, -0.15) is 5.26 Å². The van der Waals surface area contributed by atoms with Crippen molar-refractivity contribution in [3.8, 4) is 6.07 Å². The number of aromatic nitrogens is 1. The molecule has 0 radical (unpaired) electrons. The molecule has 1 N–H and O–H groups in total. The Labute approximate surface area is 101 Å². The molecule has 0 aliphatic heterocycles. The fraction of sp³-hybridized carbons (Fsp3) is 0.417. The van der Waals surface area contributed by atoms with Crippen LogP contribution in [0.3, 0.4) is 0 Å². The predicted octanol–water partition coefficient (Wildman–Crippen LogP) is 0.916. The van der Waals surface area contributed by atoms with E-state index in [0.29, 0.717) is 18.1 Å². The first-order chi connectivity index (χ1) is 8.17. The molecule has 0 aromatic carbocycles. The van der Waals surface area contributed by atoms with Crippen LogP contribution < -0.4 is 10.2 Å². The van der Waals surface area contributed by atoms with Gasteiger partial charge in [-0.3, -0.25) is 4.79 Å². The molecule has 90 valence electrons. The number of anilines is 1. The maximum atomic E-state index is 11.5. The number of hydrogen-bond donors (Lipinski definition) is 1. The molecule has 1 heterocycles. The normalized spacial score (nSPS) is 9.47. The molecular weight excluding hydrogens is 216 g/mol. The van der Waals surface area contributed by atoms with Crippen molar-refractivity contribution in [3.05, 3.63) is 23.9 Å². The number of nitrogens with one attached hydrogen (secondary N) is 1. The lowest BCUT2D eigenvalue weighted by atomic mass is 10.3. The molecule has 5 nitrogen and oxygen atoms in total. The van der Waals surface area contributed by atoms with Gasteiger partial charge in [0.15, 0.2) is 0 Å².